The number of hydrogen-bond donors (Lipinski definition) is 0. The lowest BCUT2D eigenvalue weighted by Gasteiger charge is -2.31. The van der Waals surface area contributed by atoms with Gasteiger partial charge in [0.1, 0.15) is 5.75 Å². The first-order valence-corrected chi connectivity index (χ1v) is 7.12. The van der Waals surface area contributed by atoms with Crippen LogP contribution in [-0.2, 0) is 4.79 Å². The lowest BCUT2D eigenvalue weighted by molar-refractivity contribution is -0.134. The number of carbonyl (C=O) groups is 1. The van der Waals surface area contributed by atoms with Gasteiger partial charge >= 0.3 is 0 Å². The maximum atomic E-state index is 12.1. The fourth-order valence-corrected chi connectivity index (χ4v) is 2.55. The Hall–Kier alpha value is -1.51. The molecule has 0 atom stereocenters. The molecule has 0 N–H and O–H groups in total. The van der Waals surface area contributed by atoms with Crippen LogP contribution in [0.2, 0.25) is 0 Å². The summed E-state index contributed by atoms with van der Waals surface area (Å²) in [5.74, 6) is 0.837. The maximum absolute atomic E-state index is 12.1. The molecule has 104 valence electrons. The molecule has 0 bridgehead atoms. The van der Waals surface area contributed by atoms with E-state index in [1.807, 2.05) is 43.1 Å². The molecule has 1 aromatic carbocycles. The van der Waals surface area contributed by atoms with Gasteiger partial charge in [0, 0.05) is 13.1 Å². The highest BCUT2D eigenvalue weighted by Crippen LogP contribution is 2.21. The molecule has 2 rings (SSSR count). The van der Waals surface area contributed by atoms with Gasteiger partial charge < -0.3 is 9.64 Å². The monoisotopic (exact) mass is 261 g/mol. The molecule has 19 heavy (non-hydrogen) atoms. The Morgan fingerprint density at radius 3 is 2.47 bits per heavy atom. The third-order valence-electron chi connectivity index (χ3n) is 3.90. The van der Waals surface area contributed by atoms with E-state index in [-0.39, 0.29) is 12.5 Å². The molecule has 0 aliphatic heterocycles. The van der Waals surface area contributed by atoms with Crippen molar-refractivity contribution in [3.63, 3.8) is 0 Å². The third kappa shape index (κ3) is 3.98. The second-order valence-electron chi connectivity index (χ2n) is 5.40. The highest BCUT2D eigenvalue weighted by molar-refractivity contribution is 5.77. The van der Waals surface area contributed by atoms with E-state index in [9.17, 15) is 4.79 Å². The summed E-state index contributed by atoms with van der Waals surface area (Å²) in [5, 5.41) is 0. The van der Waals surface area contributed by atoms with E-state index in [4.69, 9.17) is 4.74 Å². The Labute approximate surface area is 115 Å². The van der Waals surface area contributed by atoms with Gasteiger partial charge in [0.05, 0.1) is 0 Å². The summed E-state index contributed by atoms with van der Waals surface area (Å²) in [6.07, 6.45) is 6.04. The van der Waals surface area contributed by atoms with Gasteiger partial charge in [-0.3, -0.25) is 4.79 Å². The summed E-state index contributed by atoms with van der Waals surface area (Å²) < 4.78 is 5.54. The van der Waals surface area contributed by atoms with Crippen molar-refractivity contribution in [3.05, 3.63) is 29.8 Å². The van der Waals surface area contributed by atoms with Crippen LogP contribution in [0.5, 0.6) is 5.75 Å². The van der Waals surface area contributed by atoms with Gasteiger partial charge in [-0.25, -0.2) is 0 Å². The second kappa shape index (κ2) is 6.60. The van der Waals surface area contributed by atoms with Gasteiger partial charge in [-0.2, -0.15) is 0 Å². The number of ether oxygens (including phenoxy) is 1. The van der Waals surface area contributed by atoms with Crippen molar-refractivity contribution in [1.82, 2.24) is 4.90 Å². The number of hydrogen-bond acceptors (Lipinski definition) is 2. The number of carbonyl (C=O) groups excluding carboxylic acids is 1. The minimum Gasteiger partial charge on any atom is -0.484 e. The van der Waals surface area contributed by atoms with Crippen LogP contribution >= 0.6 is 0 Å². The molecule has 1 fully saturated rings. The van der Waals surface area contributed by atoms with Gasteiger partial charge in [0.2, 0.25) is 0 Å². The maximum Gasteiger partial charge on any atom is 0.260 e. The lowest BCUT2D eigenvalue weighted by Crippen LogP contribution is -2.40. The normalized spacial score (nSPS) is 16.1. The number of aryl methyl sites for hydroxylation is 1. The summed E-state index contributed by atoms with van der Waals surface area (Å²) in [7, 11) is 1.90. The van der Waals surface area contributed by atoms with Crippen LogP contribution in [0.3, 0.4) is 0 Å². The first-order chi connectivity index (χ1) is 9.16. The molecule has 3 heteroatoms. The SMILES string of the molecule is Cc1ccc(OCC(=O)N(C)C2CCCCC2)cc1. The van der Waals surface area contributed by atoms with Crippen molar-refractivity contribution >= 4 is 5.91 Å². The molecule has 1 amide bonds. The molecule has 3 nitrogen and oxygen atoms in total. The molecule has 0 saturated heterocycles. The van der Waals surface area contributed by atoms with Crippen LogP contribution in [0.25, 0.3) is 0 Å². The fourth-order valence-electron chi connectivity index (χ4n) is 2.55. The van der Waals surface area contributed by atoms with Crippen LogP contribution < -0.4 is 4.74 Å². The zero-order valence-electron chi connectivity index (χ0n) is 11.9. The van der Waals surface area contributed by atoms with E-state index < -0.39 is 0 Å². The number of benzene rings is 1. The summed E-state index contributed by atoms with van der Waals surface area (Å²) in [6, 6.07) is 8.20. The Balaban J connectivity index is 1.81. The van der Waals surface area contributed by atoms with E-state index in [0.717, 1.165) is 18.6 Å². The van der Waals surface area contributed by atoms with Gasteiger partial charge in [0.15, 0.2) is 6.61 Å². The molecule has 0 unspecified atom stereocenters. The predicted molar refractivity (Wildman–Crippen MR) is 76.3 cm³/mol. The van der Waals surface area contributed by atoms with Crippen molar-refractivity contribution in [2.75, 3.05) is 13.7 Å². The van der Waals surface area contributed by atoms with Gasteiger partial charge in [-0.05, 0) is 31.9 Å². The largest absolute Gasteiger partial charge is 0.484 e. The van der Waals surface area contributed by atoms with Gasteiger partial charge in [-0.1, -0.05) is 37.0 Å². The topological polar surface area (TPSA) is 29.5 Å². The molecule has 0 heterocycles. The van der Waals surface area contributed by atoms with Crippen molar-refractivity contribution in [1.29, 1.82) is 0 Å². The van der Waals surface area contributed by atoms with Crippen LogP contribution in [0, 0.1) is 6.92 Å². The standard InChI is InChI=1S/C16H23NO2/c1-13-8-10-15(11-9-13)19-12-16(18)17(2)14-6-4-3-5-7-14/h8-11,14H,3-7,12H2,1-2H3. The van der Waals surface area contributed by atoms with Crippen molar-refractivity contribution in [2.45, 2.75) is 45.1 Å². The average molecular weight is 261 g/mol. The van der Waals surface area contributed by atoms with E-state index in [0.29, 0.717) is 6.04 Å². The summed E-state index contributed by atoms with van der Waals surface area (Å²) in [5.41, 5.74) is 1.19. The molecular formula is C16H23NO2. The Morgan fingerprint density at radius 1 is 1.21 bits per heavy atom. The van der Waals surface area contributed by atoms with Crippen LogP contribution in [0.15, 0.2) is 24.3 Å². The number of nitrogens with zero attached hydrogens (tertiary/aromatic N) is 1. The minimum atomic E-state index is 0.0764. The molecule has 1 aromatic rings. The summed E-state index contributed by atoms with van der Waals surface area (Å²) >= 11 is 0. The molecule has 0 spiro atoms. The van der Waals surface area contributed by atoms with Gasteiger partial charge in [-0.15, -0.1) is 0 Å². The van der Waals surface area contributed by atoms with Crippen LogP contribution in [0.1, 0.15) is 37.7 Å². The molecule has 1 aliphatic carbocycles. The average Bonchev–Trinajstić information content (AvgIpc) is 2.46. The first-order valence-electron chi connectivity index (χ1n) is 7.12. The third-order valence-corrected chi connectivity index (χ3v) is 3.90. The summed E-state index contributed by atoms with van der Waals surface area (Å²) in [6.45, 7) is 2.17. The number of likely N-dealkylation sites (N-methyl/N-ethyl adjacent to an activating group) is 1. The Morgan fingerprint density at radius 2 is 1.84 bits per heavy atom. The molecule has 0 aromatic heterocycles. The molecule has 0 radical (unpaired) electrons. The quantitative estimate of drug-likeness (QED) is 0.833. The molecular weight excluding hydrogens is 238 g/mol. The van der Waals surface area contributed by atoms with Crippen molar-refractivity contribution < 1.29 is 9.53 Å². The second-order valence-corrected chi connectivity index (χ2v) is 5.40. The zero-order chi connectivity index (χ0) is 13.7. The van der Waals surface area contributed by atoms with Gasteiger partial charge in [0.25, 0.3) is 5.91 Å². The number of amides is 1. The van der Waals surface area contributed by atoms with E-state index in [1.165, 1.54) is 24.8 Å². The number of rotatable bonds is 4. The summed E-state index contributed by atoms with van der Waals surface area (Å²) in [4.78, 5) is 14.0. The lowest BCUT2D eigenvalue weighted by atomic mass is 9.94. The van der Waals surface area contributed by atoms with Crippen LogP contribution in [-0.4, -0.2) is 30.5 Å². The van der Waals surface area contributed by atoms with Crippen molar-refractivity contribution in [2.24, 2.45) is 0 Å². The smallest absolute Gasteiger partial charge is 0.260 e. The Bertz CT molecular complexity index is 407. The fraction of sp³-hybridized carbons (Fsp3) is 0.562. The predicted octanol–water partition coefficient (Wildman–Crippen LogP) is 3.16. The Kier molecular flexibility index (Phi) is 4.83. The minimum absolute atomic E-state index is 0.0764. The first kappa shape index (κ1) is 13.9. The molecule has 1 aliphatic rings. The van der Waals surface area contributed by atoms with E-state index in [2.05, 4.69) is 0 Å². The van der Waals surface area contributed by atoms with Crippen LogP contribution in [0.4, 0.5) is 0 Å². The highest BCUT2D eigenvalue weighted by atomic mass is 16.5. The van der Waals surface area contributed by atoms with E-state index >= 15 is 0 Å². The van der Waals surface area contributed by atoms with Crippen molar-refractivity contribution in [3.8, 4) is 5.75 Å². The molecule has 1 saturated carbocycles. The zero-order valence-corrected chi connectivity index (χ0v) is 11.9. The van der Waals surface area contributed by atoms with E-state index in [1.54, 1.807) is 0 Å². The highest BCUT2D eigenvalue weighted by Gasteiger charge is 2.22.